The van der Waals surface area contributed by atoms with E-state index in [2.05, 4.69) is 18.8 Å². The lowest BCUT2D eigenvalue weighted by atomic mass is 10.1. The highest BCUT2D eigenvalue weighted by Gasteiger charge is 2.12. The second kappa shape index (κ2) is 10.5. The molecule has 0 amide bonds. The molecule has 2 aromatic rings. The molecule has 0 atom stereocenters. The third-order valence-electron chi connectivity index (χ3n) is 3.03. The van der Waals surface area contributed by atoms with E-state index in [1.165, 1.54) is 0 Å². The third kappa shape index (κ3) is 6.96. The molecular formula is C21H29NO3. The summed E-state index contributed by atoms with van der Waals surface area (Å²) < 4.78 is 10.8. The fourth-order valence-corrected chi connectivity index (χ4v) is 1.97. The molecule has 2 rings (SSSR count). The van der Waals surface area contributed by atoms with E-state index in [0.29, 0.717) is 18.2 Å². The first-order valence-corrected chi connectivity index (χ1v) is 8.87. The van der Waals surface area contributed by atoms with Crippen LogP contribution in [0, 0.1) is 5.92 Å². The first kappa shape index (κ1) is 20.7. The van der Waals surface area contributed by atoms with Gasteiger partial charge in [0.05, 0.1) is 18.4 Å². The molecule has 1 aromatic heterocycles. The van der Waals surface area contributed by atoms with Gasteiger partial charge < -0.3 is 9.47 Å². The van der Waals surface area contributed by atoms with Crippen molar-refractivity contribution in [3.05, 3.63) is 48.2 Å². The van der Waals surface area contributed by atoms with Gasteiger partial charge in [0, 0.05) is 5.56 Å². The van der Waals surface area contributed by atoms with Crippen LogP contribution >= 0.6 is 0 Å². The number of pyridine rings is 1. The summed E-state index contributed by atoms with van der Waals surface area (Å²) in [6.07, 6.45) is -0.162. The molecule has 0 bridgehead atoms. The molecule has 0 fully saturated rings. The zero-order valence-corrected chi connectivity index (χ0v) is 16.1. The van der Waals surface area contributed by atoms with Gasteiger partial charge in [0.25, 0.3) is 0 Å². The van der Waals surface area contributed by atoms with Gasteiger partial charge in [0.1, 0.15) is 11.4 Å². The van der Waals surface area contributed by atoms with Gasteiger partial charge >= 0.3 is 5.97 Å². The molecular weight excluding hydrogens is 314 g/mol. The van der Waals surface area contributed by atoms with Gasteiger partial charge in [-0.3, -0.25) is 0 Å². The molecule has 0 aliphatic carbocycles. The van der Waals surface area contributed by atoms with Gasteiger partial charge in [-0.25, -0.2) is 9.78 Å². The van der Waals surface area contributed by atoms with Crippen LogP contribution in [0.4, 0.5) is 0 Å². The number of rotatable bonds is 6. The average Bonchev–Trinajstić information content (AvgIpc) is 2.61. The minimum Gasteiger partial charge on any atom is -0.493 e. The van der Waals surface area contributed by atoms with Crippen molar-refractivity contribution in [3.63, 3.8) is 0 Å². The summed E-state index contributed by atoms with van der Waals surface area (Å²) >= 11 is 0. The number of benzene rings is 1. The fraction of sp³-hybridized carbons (Fsp3) is 0.429. The maximum absolute atomic E-state index is 11.9. The van der Waals surface area contributed by atoms with Crippen molar-refractivity contribution in [2.75, 3.05) is 6.61 Å². The molecule has 0 spiro atoms. The number of hydrogen-bond acceptors (Lipinski definition) is 4. The summed E-state index contributed by atoms with van der Waals surface area (Å²) in [7, 11) is 0. The highest BCUT2D eigenvalue weighted by molar-refractivity contribution is 5.88. The Kier molecular flexibility index (Phi) is 8.68. The smallest absolute Gasteiger partial charge is 0.357 e. The Hall–Kier alpha value is -2.36. The predicted molar refractivity (Wildman–Crippen MR) is 102 cm³/mol. The molecule has 25 heavy (non-hydrogen) atoms. The Labute approximate surface area is 151 Å². The van der Waals surface area contributed by atoms with E-state index in [-0.39, 0.29) is 6.10 Å². The molecule has 0 radical (unpaired) electrons. The molecule has 0 unspecified atom stereocenters. The van der Waals surface area contributed by atoms with Crippen molar-refractivity contribution in [1.82, 2.24) is 4.98 Å². The third-order valence-corrected chi connectivity index (χ3v) is 3.03. The van der Waals surface area contributed by atoms with Gasteiger partial charge in [-0.05, 0) is 56.2 Å². The topological polar surface area (TPSA) is 48.4 Å². The van der Waals surface area contributed by atoms with Crippen LogP contribution in [0.25, 0.3) is 11.3 Å². The van der Waals surface area contributed by atoms with Crippen molar-refractivity contribution >= 4 is 5.97 Å². The van der Waals surface area contributed by atoms with Crippen molar-refractivity contribution in [2.24, 2.45) is 5.92 Å². The van der Waals surface area contributed by atoms with E-state index in [1.807, 2.05) is 64.1 Å². The summed E-state index contributed by atoms with van der Waals surface area (Å²) in [4.78, 5) is 16.3. The average molecular weight is 343 g/mol. The number of esters is 1. The molecule has 0 aliphatic heterocycles. The molecule has 4 heteroatoms. The summed E-state index contributed by atoms with van der Waals surface area (Å²) in [5, 5.41) is 0. The van der Waals surface area contributed by atoms with Crippen LogP contribution in [0.5, 0.6) is 5.75 Å². The van der Waals surface area contributed by atoms with E-state index in [1.54, 1.807) is 6.07 Å². The Morgan fingerprint density at radius 2 is 1.64 bits per heavy atom. The summed E-state index contributed by atoms with van der Waals surface area (Å²) in [5.41, 5.74) is 1.98. The lowest BCUT2D eigenvalue weighted by Gasteiger charge is -2.10. The Balaban J connectivity index is 0.00000151. The maximum atomic E-state index is 11.9. The summed E-state index contributed by atoms with van der Waals surface area (Å²) in [5.74, 6) is 0.913. The first-order valence-electron chi connectivity index (χ1n) is 8.87. The van der Waals surface area contributed by atoms with E-state index < -0.39 is 5.97 Å². The van der Waals surface area contributed by atoms with Crippen LogP contribution in [0.2, 0.25) is 0 Å². The molecule has 0 N–H and O–H groups in total. The number of ether oxygens (including phenoxy) is 2. The van der Waals surface area contributed by atoms with E-state index in [9.17, 15) is 4.79 Å². The van der Waals surface area contributed by atoms with Crippen LogP contribution < -0.4 is 4.74 Å². The monoisotopic (exact) mass is 343 g/mol. The molecule has 0 saturated heterocycles. The zero-order chi connectivity index (χ0) is 18.8. The molecule has 136 valence electrons. The van der Waals surface area contributed by atoms with Crippen LogP contribution in [0.1, 0.15) is 52.0 Å². The van der Waals surface area contributed by atoms with Gasteiger partial charge in [0.2, 0.25) is 0 Å². The van der Waals surface area contributed by atoms with E-state index >= 15 is 0 Å². The minimum absolute atomic E-state index is 0.162. The van der Waals surface area contributed by atoms with Gasteiger partial charge in [-0.2, -0.15) is 0 Å². The largest absolute Gasteiger partial charge is 0.493 e. The molecule has 1 heterocycles. The second-order valence-electron chi connectivity index (χ2n) is 6.09. The van der Waals surface area contributed by atoms with E-state index in [4.69, 9.17) is 9.47 Å². The van der Waals surface area contributed by atoms with Gasteiger partial charge in [-0.15, -0.1) is 0 Å². The maximum Gasteiger partial charge on any atom is 0.357 e. The normalized spacial score (nSPS) is 10.2. The van der Waals surface area contributed by atoms with Crippen LogP contribution in [0.3, 0.4) is 0 Å². The Morgan fingerprint density at radius 3 is 2.20 bits per heavy atom. The quantitative estimate of drug-likeness (QED) is 0.661. The van der Waals surface area contributed by atoms with Crippen molar-refractivity contribution in [3.8, 4) is 17.0 Å². The lowest BCUT2D eigenvalue weighted by Crippen LogP contribution is -2.13. The number of nitrogens with zero attached hydrogens (tertiary/aromatic N) is 1. The molecule has 0 saturated carbocycles. The van der Waals surface area contributed by atoms with Gasteiger partial charge in [0.15, 0.2) is 0 Å². The Morgan fingerprint density at radius 1 is 1.00 bits per heavy atom. The van der Waals surface area contributed by atoms with Crippen molar-refractivity contribution in [1.29, 1.82) is 0 Å². The van der Waals surface area contributed by atoms with Crippen LogP contribution in [-0.4, -0.2) is 23.7 Å². The van der Waals surface area contributed by atoms with Crippen LogP contribution in [0.15, 0.2) is 42.5 Å². The van der Waals surface area contributed by atoms with Crippen molar-refractivity contribution < 1.29 is 14.3 Å². The standard InChI is InChI=1S/C19H23NO3.C2H6/c1-13(2)12-22-16-10-8-15(9-11-16)17-6-5-7-18(20-17)19(21)23-14(3)4;1-2/h5-11,13-14H,12H2,1-4H3;1-2H3. The van der Waals surface area contributed by atoms with Gasteiger partial charge in [-0.1, -0.05) is 33.8 Å². The molecule has 1 aromatic carbocycles. The lowest BCUT2D eigenvalue weighted by molar-refractivity contribution is 0.0371. The van der Waals surface area contributed by atoms with Crippen molar-refractivity contribution in [2.45, 2.75) is 47.6 Å². The minimum atomic E-state index is -0.404. The molecule has 4 nitrogen and oxygen atoms in total. The highest BCUT2D eigenvalue weighted by Crippen LogP contribution is 2.21. The number of hydrogen-bond donors (Lipinski definition) is 0. The highest BCUT2D eigenvalue weighted by atomic mass is 16.5. The second-order valence-corrected chi connectivity index (χ2v) is 6.09. The predicted octanol–water partition coefficient (Wildman–Crippen LogP) is 5.37. The fourth-order valence-electron chi connectivity index (χ4n) is 1.97. The molecule has 0 aliphatic rings. The number of carbonyl (C=O) groups excluding carboxylic acids is 1. The summed E-state index contributed by atoms with van der Waals surface area (Å²) in [6.45, 7) is 12.5. The van der Waals surface area contributed by atoms with Crippen LogP contribution in [-0.2, 0) is 4.74 Å². The van der Waals surface area contributed by atoms with E-state index in [0.717, 1.165) is 17.0 Å². The Bertz CT molecular complexity index is 648. The zero-order valence-electron chi connectivity index (χ0n) is 16.1. The summed E-state index contributed by atoms with van der Waals surface area (Å²) in [6, 6.07) is 13.1. The number of aromatic nitrogens is 1. The first-order chi connectivity index (χ1) is 12.0. The number of carbonyl (C=O) groups is 1. The SMILES string of the molecule is CC.CC(C)COc1ccc(-c2cccc(C(=O)OC(C)C)n2)cc1.